The maximum absolute atomic E-state index is 13.3. The van der Waals surface area contributed by atoms with Crippen LogP contribution in [0.5, 0.6) is 5.75 Å². The van der Waals surface area contributed by atoms with Crippen LogP contribution in [0.15, 0.2) is 22.7 Å². The highest BCUT2D eigenvalue weighted by atomic mass is 79.9. The molecule has 1 aromatic heterocycles. The molecule has 4 heterocycles. The number of amides is 1. The van der Waals surface area contributed by atoms with Gasteiger partial charge in [0, 0.05) is 40.8 Å². The van der Waals surface area contributed by atoms with Crippen LogP contribution in [-0.4, -0.2) is 57.1 Å². The predicted molar refractivity (Wildman–Crippen MR) is 99.0 cm³/mol. The maximum Gasteiger partial charge on any atom is 0.272 e. The number of benzene rings is 1. The molecule has 1 spiro atoms. The summed E-state index contributed by atoms with van der Waals surface area (Å²) in [7, 11) is 0. The topological polar surface area (TPSA) is 61.5 Å². The number of hydrogen-bond acceptors (Lipinski definition) is 4. The van der Waals surface area contributed by atoms with E-state index in [1.165, 1.54) is 19.4 Å². The summed E-state index contributed by atoms with van der Waals surface area (Å²) in [6.45, 7) is 3.37. The fourth-order valence-electron chi connectivity index (χ4n) is 5.24. The molecule has 3 fully saturated rings. The number of fused-ring (bicyclic) bond motifs is 3. The van der Waals surface area contributed by atoms with Gasteiger partial charge in [0.25, 0.3) is 5.91 Å². The molecule has 2 atom stereocenters. The van der Waals surface area contributed by atoms with Crippen molar-refractivity contribution in [3.63, 3.8) is 0 Å². The predicted octanol–water partition coefficient (Wildman–Crippen LogP) is 2.79. The van der Waals surface area contributed by atoms with Gasteiger partial charge in [0.05, 0.1) is 6.04 Å². The van der Waals surface area contributed by atoms with Crippen LogP contribution in [-0.2, 0) is 6.61 Å². The van der Waals surface area contributed by atoms with E-state index < -0.39 is 0 Å². The molecular weight excluding hydrogens is 396 g/mol. The summed E-state index contributed by atoms with van der Waals surface area (Å²) in [5.74, 6) is 0.886. The molecule has 2 saturated heterocycles. The number of ether oxygens (including phenoxy) is 1. The van der Waals surface area contributed by atoms with E-state index in [1.54, 1.807) is 0 Å². The molecular formula is C19H19BrN4O2. The Morgan fingerprint density at radius 2 is 2.23 bits per heavy atom. The van der Waals surface area contributed by atoms with Crippen molar-refractivity contribution < 1.29 is 9.53 Å². The number of piperazine rings is 1. The van der Waals surface area contributed by atoms with E-state index in [0.717, 1.165) is 46.6 Å². The smallest absolute Gasteiger partial charge is 0.272 e. The number of aromatic amines is 1. The Labute approximate surface area is 159 Å². The SMILES string of the molecule is O=C(c1[nH]nc2c1COc1cc(Br)ccc1-2)N1CCN2CCC23CC[C@H]13. The number of rotatable bonds is 1. The molecule has 134 valence electrons. The van der Waals surface area contributed by atoms with Gasteiger partial charge in [-0.05, 0) is 37.5 Å². The molecule has 1 unspecified atom stereocenters. The number of halogens is 1. The maximum atomic E-state index is 13.3. The Balaban J connectivity index is 1.35. The number of carbonyl (C=O) groups is 1. The van der Waals surface area contributed by atoms with Gasteiger partial charge in [-0.3, -0.25) is 14.8 Å². The molecule has 1 N–H and O–H groups in total. The van der Waals surface area contributed by atoms with Crippen molar-refractivity contribution in [2.45, 2.75) is 37.5 Å². The van der Waals surface area contributed by atoms with Crippen molar-refractivity contribution >= 4 is 21.8 Å². The lowest BCUT2D eigenvalue weighted by Gasteiger charge is -2.68. The summed E-state index contributed by atoms with van der Waals surface area (Å²) >= 11 is 3.47. The minimum Gasteiger partial charge on any atom is -0.488 e. The minimum absolute atomic E-state index is 0.0820. The van der Waals surface area contributed by atoms with E-state index in [2.05, 4.69) is 35.9 Å². The summed E-state index contributed by atoms with van der Waals surface area (Å²) in [4.78, 5) is 18.0. The van der Waals surface area contributed by atoms with E-state index >= 15 is 0 Å². The summed E-state index contributed by atoms with van der Waals surface area (Å²) < 4.78 is 6.88. The Morgan fingerprint density at radius 3 is 3.00 bits per heavy atom. The van der Waals surface area contributed by atoms with Crippen LogP contribution in [0.1, 0.15) is 35.3 Å². The number of aromatic nitrogens is 2. The van der Waals surface area contributed by atoms with Crippen LogP contribution >= 0.6 is 15.9 Å². The highest BCUT2D eigenvalue weighted by Crippen LogP contribution is 2.52. The molecule has 1 saturated carbocycles. The number of hydrogen-bond donors (Lipinski definition) is 1. The van der Waals surface area contributed by atoms with Gasteiger partial charge in [0.1, 0.15) is 23.7 Å². The fraction of sp³-hybridized carbons (Fsp3) is 0.474. The first-order valence-electron chi connectivity index (χ1n) is 9.23. The second-order valence-electron chi connectivity index (χ2n) is 7.75. The van der Waals surface area contributed by atoms with Crippen molar-refractivity contribution in [2.75, 3.05) is 19.6 Å². The van der Waals surface area contributed by atoms with Gasteiger partial charge >= 0.3 is 0 Å². The quantitative estimate of drug-likeness (QED) is 0.779. The summed E-state index contributed by atoms with van der Waals surface area (Å²) in [6, 6.07) is 6.27. The Hall–Kier alpha value is -1.86. The molecule has 6 nitrogen and oxygen atoms in total. The van der Waals surface area contributed by atoms with Crippen LogP contribution in [0.4, 0.5) is 0 Å². The third-order valence-electron chi connectivity index (χ3n) is 6.82. The largest absolute Gasteiger partial charge is 0.488 e. The molecule has 26 heavy (non-hydrogen) atoms. The molecule has 6 rings (SSSR count). The zero-order valence-electron chi connectivity index (χ0n) is 14.3. The van der Waals surface area contributed by atoms with Crippen molar-refractivity contribution in [3.8, 4) is 17.0 Å². The van der Waals surface area contributed by atoms with Gasteiger partial charge in [0.2, 0.25) is 0 Å². The van der Waals surface area contributed by atoms with Crippen molar-refractivity contribution in [2.24, 2.45) is 0 Å². The lowest BCUT2D eigenvalue weighted by Crippen LogP contribution is -2.79. The van der Waals surface area contributed by atoms with Gasteiger partial charge < -0.3 is 9.64 Å². The highest BCUT2D eigenvalue weighted by Gasteiger charge is 2.61. The zero-order valence-corrected chi connectivity index (χ0v) is 15.9. The van der Waals surface area contributed by atoms with Crippen LogP contribution in [0.25, 0.3) is 11.3 Å². The van der Waals surface area contributed by atoms with Gasteiger partial charge in [0.15, 0.2) is 0 Å². The second kappa shape index (κ2) is 5.10. The van der Waals surface area contributed by atoms with Crippen LogP contribution in [0.2, 0.25) is 0 Å². The van der Waals surface area contributed by atoms with E-state index in [-0.39, 0.29) is 11.4 Å². The summed E-state index contributed by atoms with van der Waals surface area (Å²) in [5.41, 5.74) is 3.54. The first-order chi connectivity index (χ1) is 12.7. The van der Waals surface area contributed by atoms with E-state index in [0.29, 0.717) is 18.3 Å². The standard InChI is InChI=1S/C19H19BrN4O2/c20-11-1-2-12-14(9-11)26-10-13-16(12)21-22-17(13)18(25)24-8-7-23-6-5-19(23)4-3-15(19)24/h1-2,9,15H,3-8,10H2,(H,21,22)/t15-,19?/m0/s1. The van der Waals surface area contributed by atoms with E-state index in [9.17, 15) is 4.79 Å². The lowest BCUT2D eigenvalue weighted by atomic mass is 9.61. The molecule has 3 aliphatic heterocycles. The molecule has 4 aliphatic rings. The molecule has 2 aromatic rings. The Kier molecular flexibility index (Phi) is 2.99. The number of nitrogens with zero attached hydrogens (tertiary/aromatic N) is 3. The van der Waals surface area contributed by atoms with Gasteiger partial charge in [-0.15, -0.1) is 0 Å². The highest BCUT2D eigenvalue weighted by molar-refractivity contribution is 9.10. The first kappa shape index (κ1) is 15.2. The summed E-state index contributed by atoms with van der Waals surface area (Å²) in [5, 5.41) is 7.50. The van der Waals surface area contributed by atoms with Crippen molar-refractivity contribution in [1.29, 1.82) is 0 Å². The number of nitrogens with one attached hydrogen (secondary N) is 1. The first-order valence-corrected chi connectivity index (χ1v) is 10.0. The molecule has 1 aromatic carbocycles. The van der Waals surface area contributed by atoms with Crippen molar-refractivity contribution in [3.05, 3.63) is 33.9 Å². The molecule has 0 bridgehead atoms. The average Bonchev–Trinajstić information content (AvgIpc) is 3.01. The summed E-state index contributed by atoms with van der Waals surface area (Å²) in [6.07, 6.45) is 3.58. The molecule has 0 radical (unpaired) electrons. The second-order valence-corrected chi connectivity index (χ2v) is 8.66. The molecule has 7 heteroatoms. The van der Waals surface area contributed by atoms with E-state index in [4.69, 9.17) is 4.74 Å². The van der Waals surface area contributed by atoms with Crippen LogP contribution in [0, 0.1) is 0 Å². The zero-order chi connectivity index (χ0) is 17.5. The monoisotopic (exact) mass is 414 g/mol. The van der Waals surface area contributed by atoms with Crippen LogP contribution in [0.3, 0.4) is 0 Å². The van der Waals surface area contributed by atoms with Crippen molar-refractivity contribution in [1.82, 2.24) is 20.0 Å². The Bertz CT molecular complexity index is 938. The normalized spacial score (nSPS) is 28.7. The van der Waals surface area contributed by atoms with E-state index in [1.807, 2.05) is 18.2 Å². The molecule has 1 amide bonds. The lowest BCUT2D eigenvalue weighted by molar-refractivity contribution is -0.161. The molecule has 1 aliphatic carbocycles. The number of H-pyrrole nitrogens is 1. The third-order valence-corrected chi connectivity index (χ3v) is 7.31. The Morgan fingerprint density at radius 1 is 1.31 bits per heavy atom. The van der Waals surface area contributed by atoms with Gasteiger partial charge in [-0.25, -0.2) is 0 Å². The fourth-order valence-corrected chi connectivity index (χ4v) is 5.58. The minimum atomic E-state index is 0.0820. The average molecular weight is 415 g/mol. The van der Waals surface area contributed by atoms with Gasteiger partial charge in [-0.1, -0.05) is 15.9 Å². The number of carbonyl (C=O) groups excluding carboxylic acids is 1. The third kappa shape index (κ3) is 1.80. The van der Waals surface area contributed by atoms with Crippen LogP contribution < -0.4 is 4.74 Å². The van der Waals surface area contributed by atoms with Gasteiger partial charge in [-0.2, -0.15) is 5.10 Å².